The number of carbonyl (C=O) groups is 11. The molecule has 0 heterocycles. The average Bonchev–Trinajstić information content (AvgIpc) is 0.875. The van der Waals surface area contributed by atoms with E-state index in [1.807, 2.05) is 13.8 Å². The topological polar surface area (TPSA) is 627 Å². The van der Waals surface area contributed by atoms with Crippen LogP contribution in [-0.2, 0) is 85.9 Å². The molecule has 11 amide bonds. The van der Waals surface area contributed by atoms with Crippen molar-refractivity contribution in [1.82, 2.24) is 58.5 Å². The lowest BCUT2D eigenvalue weighted by atomic mass is 9.95. The van der Waals surface area contributed by atoms with Crippen molar-refractivity contribution in [3.05, 3.63) is 0 Å². The van der Waals surface area contributed by atoms with E-state index in [1.165, 1.54) is 13.8 Å². The van der Waals surface area contributed by atoms with Crippen LogP contribution in [0.5, 0.6) is 0 Å². The Hall–Kier alpha value is -6.59. The Labute approximate surface area is 693 Å². The third-order valence-corrected chi connectivity index (χ3v) is 18.3. The summed E-state index contributed by atoms with van der Waals surface area (Å²) in [7, 11) is 0. The van der Waals surface area contributed by atoms with Crippen molar-refractivity contribution in [3.8, 4) is 0 Å². The highest BCUT2D eigenvalue weighted by Crippen LogP contribution is 2.18. The van der Waals surface area contributed by atoms with E-state index in [2.05, 4.69) is 58.5 Å². The number of amides is 11. The second-order valence-electron chi connectivity index (χ2n) is 29.6. The molecule has 23 N–H and O–H groups in total. The van der Waals surface area contributed by atoms with Crippen LogP contribution in [-0.4, -0.2) is 343 Å². The molecule has 0 fully saturated rings. The van der Waals surface area contributed by atoms with Crippen LogP contribution in [0.3, 0.4) is 0 Å². The van der Waals surface area contributed by atoms with Gasteiger partial charge in [-0.1, -0.05) is 26.7 Å². The molecule has 41 heteroatoms. The molecule has 41 nitrogen and oxygen atoms in total. The molecule has 0 aliphatic rings. The molecular formula is C77H145N11O30. The predicted molar refractivity (Wildman–Crippen MR) is 426 cm³/mol. The van der Waals surface area contributed by atoms with Crippen LogP contribution in [0.15, 0.2) is 0 Å². The minimum atomic E-state index is -1.72. The zero-order valence-corrected chi connectivity index (χ0v) is 70.3. The van der Waals surface area contributed by atoms with Gasteiger partial charge in [-0.2, -0.15) is 0 Å². The van der Waals surface area contributed by atoms with Crippen LogP contribution in [0.25, 0.3) is 0 Å². The Morgan fingerprint density at radius 1 is 0.305 bits per heavy atom. The zero-order chi connectivity index (χ0) is 88.6. The zero-order valence-electron chi connectivity index (χ0n) is 70.3. The molecule has 0 aliphatic carbocycles. The van der Waals surface area contributed by atoms with Gasteiger partial charge in [0.25, 0.3) is 0 Å². The fraction of sp³-hybridized carbons (Fsp3) is 0.857. The molecule has 0 aliphatic heterocycles. The van der Waals surface area contributed by atoms with E-state index in [1.54, 1.807) is 0 Å². The maximum atomic E-state index is 13.9. The molecule has 0 radical (unpaired) electrons. The lowest BCUT2D eigenvalue weighted by molar-refractivity contribution is -0.164. The molecule has 0 rings (SSSR count). The molecule has 0 spiro atoms. The summed E-state index contributed by atoms with van der Waals surface area (Å²) in [6.07, 6.45) is -8.32. The number of hydrogen-bond acceptors (Lipinski definition) is 30. The van der Waals surface area contributed by atoms with E-state index in [9.17, 15) is 109 Å². The molecule has 118 heavy (non-hydrogen) atoms. The monoisotopic (exact) mass is 1700 g/mol. The maximum absolute atomic E-state index is 13.9. The first-order valence-electron chi connectivity index (χ1n) is 41.3. The van der Waals surface area contributed by atoms with E-state index in [4.69, 9.17) is 38.3 Å². The third kappa shape index (κ3) is 56.8. The summed E-state index contributed by atoms with van der Waals surface area (Å²) in [5, 5.41) is 151. The molecule has 0 saturated carbocycles. The van der Waals surface area contributed by atoms with Crippen molar-refractivity contribution >= 4 is 65.0 Å². The van der Waals surface area contributed by atoms with E-state index in [0.717, 1.165) is 46.5 Å². The number of ether oxygens (including phenoxy) is 7. The van der Waals surface area contributed by atoms with Crippen molar-refractivity contribution in [1.29, 1.82) is 0 Å². The molecule has 0 bridgehead atoms. The van der Waals surface area contributed by atoms with Crippen LogP contribution in [0.2, 0.25) is 0 Å². The van der Waals surface area contributed by atoms with Gasteiger partial charge in [-0.15, -0.1) is 0 Å². The molecule has 0 aromatic carbocycles. The largest absolute Gasteiger partial charge is 0.396 e. The molecule has 688 valence electrons. The average molecular weight is 1710 g/mol. The van der Waals surface area contributed by atoms with Crippen molar-refractivity contribution in [3.63, 3.8) is 0 Å². The Morgan fingerprint density at radius 2 is 0.585 bits per heavy atom. The minimum absolute atomic E-state index is 0.0313. The second kappa shape index (κ2) is 69.0. The number of unbranched alkanes of at least 4 members (excludes halogenated alkanes) is 6. The van der Waals surface area contributed by atoms with E-state index in [-0.39, 0.29) is 193 Å². The van der Waals surface area contributed by atoms with Gasteiger partial charge in [-0.25, -0.2) is 0 Å². The molecule has 14 atom stereocenters. The van der Waals surface area contributed by atoms with E-state index >= 15 is 0 Å². The van der Waals surface area contributed by atoms with E-state index < -0.39 is 152 Å². The summed E-state index contributed by atoms with van der Waals surface area (Å²) in [4.78, 5) is 139. The Morgan fingerprint density at radius 3 is 0.898 bits per heavy atom. The minimum Gasteiger partial charge on any atom is -0.396 e. The molecular weight excluding hydrogens is 1560 g/mol. The summed E-state index contributed by atoms with van der Waals surface area (Å²) in [5.41, 5.74) is -1.52. The Bertz CT molecular complexity index is 2650. The first kappa shape index (κ1) is 111. The van der Waals surface area contributed by atoms with Gasteiger partial charge < -0.3 is 153 Å². The number of rotatable bonds is 76. The number of nitrogens with one attached hydrogen (secondary N) is 11. The first-order valence-corrected chi connectivity index (χ1v) is 41.3. The summed E-state index contributed by atoms with van der Waals surface area (Å²) in [6, 6.07) is -4.21. The van der Waals surface area contributed by atoms with Gasteiger partial charge in [0.15, 0.2) is 18.9 Å². The van der Waals surface area contributed by atoms with Crippen molar-refractivity contribution < 1.29 is 147 Å². The van der Waals surface area contributed by atoms with Crippen LogP contribution in [0, 0.1) is 11.8 Å². The number of aliphatic hydroxyl groups excluding tert-OH is 12. The van der Waals surface area contributed by atoms with Gasteiger partial charge in [0, 0.05) is 176 Å². The second-order valence-corrected chi connectivity index (χ2v) is 29.6. The summed E-state index contributed by atoms with van der Waals surface area (Å²) >= 11 is 0. The van der Waals surface area contributed by atoms with E-state index in [0.29, 0.717) is 70.9 Å². The molecule has 0 saturated heterocycles. The first-order chi connectivity index (χ1) is 56.1. The third-order valence-electron chi connectivity index (χ3n) is 18.3. The quantitative estimate of drug-likeness (QED) is 0.0200. The maximum Gasteiger partial charge on any atom is 0.222 e. The summed E-state index contributed by atoms with van der Waals surface area (Å²) < 4.78 is 39.8. The number of aliphatic hydroxyl groups is 12. The highest BCUT2D eigenvalue weighted by Gasteiger charge is 2.39. The Kier molecular flexibility index (Phi) is 65.1. The van der Waals surface area contributed by atoms with Crippen LogP contribution < -0.4 is 58.5 Å². The normalized spacial score (nSPS) is 15.6. The van der Waals surface area contributed by atoms with Gasteiger partial charge >= 0.3 is 0 Å². The SMILES string of the molecule is CC(=O)NC([C@@H](O)[C@@H](O)CCO)[C@@H](O)OCCCCC(=O)NCCCNC(=O)CCOCC(COCCC(=O)NCCCNC(=O)CCCCO[C@H](O)C(NC(C)=O)[C@@H](O)[C@@H](O)C(C)CO)(COCCC(=O)NCCCNC(=O)CCCCO[C@H](O)C(NC(C)=O)[C@@H](O)[C@@H](O)C(C)CO)NC(=O)CCCC(=O)NCCCCCCOC(C)C. The van der Waals surface area contributed by atoms with Crippen LogP contribution in [0.1, 0.15) is 196 Å². The van der Waals surface area contributed by atoms with Crippen LogP contribution in [0.4, 0.5) is 0 Å². The smallest absolute Gasteiger partial charge is 0.222 e. The summed E-state index contributed by atoms with van der Waals surface area (Å²) in [5.74, 6) is -6.27. The fourth-order valence-electron chi connectivity index (χ4n) is 11.3. The van der Waals surface area contributed by atoms with Gasteiger partial charge in [0.05, 0.1) is 64.1 Å². The van der Waals surface area contributed by atoms with Gasteiger partial charge in [-0.05, 0) is 97.3 Å². The summed E-state index contributed by atoms with van der Waals surface area (Å²) in [6.45, 7) is 9.51. The van der Waals surface area contributed by atoms with Crippen molar-refractivity contribution in [2.24, 2.45) is 11.8 Å². The molecule has 0 aromatic rings. The van der Waals surface area contributed by atoms with Crippen LogP contribution >= 0.6 is 0 Å². The molecule has 0 aromatic heterocycles. The van der Waals surface area contributed by atoms with Gasteiger partial charge in [0.2, 0.25) is 65.0 Å². The number of hydrogen-bond donors (Lipinski definition) is 23. The van der Waals surface area contributed by atoms with Crippen molar-refractivity contribution in [2.75, 3.05) is 132 Å². The predicted octanol–water partition coefficient (Wildman–Crippen LogP) is -4.96. The highest BCUT2D eigenvalue weighted by molar-refractivity contribution is 5.80. The van der Waals surface area contributed by atoms with Gasteiger partial charge in [-0.3, -0.25) is 52.7 Å². The highest BCUT2D eigenvalue weighted by atomic mass is 16.6. The Balaban J connectivity index is 5.99. The fourth-order valence-corrected chi connectivity index (χ4v) is 11.3. The standard InChI is InChI=1S/C77H145N11O30/c1-51(2)115-39-14-9-8-13-31-78-61(99)25-18-26-65(103)88-77(48-112-43-28-62(100)82-35-19-32-79-58(96)22-10-15-40-116-74(109)66(85-54(5)92)71(106)57(95)27-38-89,49-113-44-29-63(101)83-36-20-33-80-59(97)23-11-16-41-117-75(110)67(86-55(6)93)72(107)69(104)52(3)46-90)50-114-45-30-64(102)84-37-21-34-81-60(98)24-12-17-42-118-76(111)68(87-56(7)94)73(108)70(105)53(4)47-91/h51-53,57,66-76,89-91,95,104-111H,8-50H2,1-7H3,(H,78,99)(H,79,96)(H,80,97)(H,81,98)(H,82,100)(H,83,101)(H,84,102)(H,85,92)(H,86,93)(H,87,94)(H,88,103)/t52?,53?,57-,66?,67?,68?,69-,70-,71-,72+,73+,74-,75-,76-,77?/m0/s1. The van der Waals surface area contributed by atoms with Crippen molar-refractivity contribution in [2.45, 2.75) is 281 Å². The number of carbonyl (C=O) groups excluding carboxylic acids is 11. The lowest BCUT2D eigenvalue weighted by Gasteiger charge is -2.34. The lowest BCUT2D eigenvalue weighted by Crippen LogP contribution is -2.58. The van der Waals surface area contributed by atoms with Gasteiger partial charge in [0.1, 0.15) is 42.0 Å². The molecule has 5 unspecified atom stereocenters.